The highest BCUT2D eigenvalue weighted by Gasteiger charge is 2.32. The molecule has 1 aliphatic carbocycles. The molecule has 3 aromatic rings. The summed E-state index contributed by atoms with van der Waals surface area (Å²) in [7, 11) is -3.79. The Kier molecular flexibility index (Phi) is 10.7. The summed E-state index contributed by atoms with van der Waals surface area (Å²) < 4.78 is 40.6. The number of benzene rings is 3. The van der Waals surface area contributed by atoms with E-state index in [-0.39, 0.29) is 49.5 Å². The van der Waals surface area contributed by atoms with E-state index < -0.39 is 21.9 Å². The Hall–Kier alpha value is -3.72. The number of carbonyl (C=O) groups is 2. The number of nitrogens with zero attached hydrogens (tertiary/aromatic N) is 2. The van der Waals surface area contributed by atoms with Gasteiger partial charge in [0.1, 0.15) is 11.9 Å². The maximum Gasteiger partial charge on any atom is 0.243 e. The second-order valence-corrected chi connectivity index (χ2v) is 13.0. The quantitative estimate of drug-likeness (QED) is 0.288. The van der Waals surface area contributed by atoms with Crippen molar-refractivity contribution in [1.82, 2.24) is 10.2 Å². The van der Waals surface area contributed by atoms with Crippen LogP contribution in [-0.2, 0) is 32.6 Å². The molecular formula is C33H40FN3O4S. The van der Waals surface area contributed by atoms with Crippen molar-refractivity contribution in [2.45, 2.75) is 70.5 Å². The SMILES string of the molecule is Cc1ccc(CN(C(=O)CCCN(c2ccccc2F)S(C)(=O)=O)[C@@H](Cc2ccccc2)C(=O)NC2CCCC2)cc1. The lowest BCUT2D eigenvalue weighted by Gasteiger charge is -2.33. The zero-order valence-corrected chi connectivity index (χ0v) is 25.2. The lowest BCUT2D eigenvalue weighted by Crippen LogP contribution is -2.52. The number of nitrogens with one attached hydrogen (secondary N) is 1. The van der Waals surface area contributed by atoms with Gasteiger partial charge in [-0.05, 0) is 49.4 Å². The summed E-state index contributed by atoms with van der Waals surface area (Å²) in [6.45, 7) is 2.16. The van der Waals surface area contributed by atoms with Gasteiger partial charge in [0.25, 0.3) is 0 Å². The molecule has 0 bridgehead atoms. The molecule has 0 aliphatic heterocycles. The van der Waals surface area contributed by atoms with E-state index in [9.17, 15) is 22.4 Å². The van der Waals surface area contributed by atoms with Gasteiger partial charge < -0.3 is 10.2 Å². The molecule has 2 amide bonds. The van der Waals surface area contributed by atoms with Crippen LogP contribution in [0.4, 0.5) is 10.1 Å². The summed E-state index contributed by atoms with van der Waals surface area (Å²) in [5, 5.41) is 3.19. The summed E-state index contributed by atoms with van der Waals surface area (Å²) in [5.41, 5.74) is 2.87. The van der Waals surface area contributed by atoms with E-state index in [0.29, 0.717) is 6.42 Å². The van der Waals surface area contributed by atoms with Crippen LogP contribution in [0.1, 0.15) is 55.2 Å². The number of rotatable bonds is 13. The topological polar surface area (TPSA) is 86.8 Å². The molecule has 0 saturated heterocycles. The Balaban J connectivity index is 1.59. The van der Waals surface area contributed by atoms with Gasteiger partial charge in [-0.25, -0.2) is 12.8 Å². The number of carbonyl (C=O) groups excluding carboxylic acids is 2. The summed E-state index contributed by atoms with van der Waals surface area (Å²) >= 11 is 0. The van der Waals surface area contributed by atoms with Gasteiger partial charge in [-0.1, -0.05) is 85.1 Å². The molecule has 42 heavy (non-hydrogen) atoms. The number of hydrogen-bond donors (Lipinski definition) is 1. The maximum absolute atomic E-state index is 14.5. The Morgan fingerprint density at radius 1 is 0.929 bits per heavy atom. The smallest absolute Gasteiger partial charge is 0.243 e. The summed E-state index contributed by atoms with van der Waals surface area (Å²) in [5.74, 6) is -1.10. The minimum absolute atomic E-state index is 0.00562. The summed E-state index contributed by atoms with van der Waals surface area (Å²) in [6.07, 6.45) is 5.51. The third kappa shape index (κ3) is 8.64. The highest BCUT2D eigenvalue weighted by atomic mass is 32.2. The Morgan fingerprint density at radius 3 is 2.21 bits per heavy atom. The highest BCUT2D eigenvalue weighted by Crippen LogP contribution is 2.23. The molecule has 0 aromatic heterocycles. The van der Waals surface area contributed by atoms with Crippen LogP contribution < -0.4 is 9.62 Å². The fourth-order valence-corrected chi connectivity index (χ4v) is 6.41. The molecule has 1 aliphatic rings. The lowest BCUT2D eigenvalue weighted by atomic mass is 10.0. The Labute approximate surface area is 248 Å². The monoisotopic (exact) mass is 593 g/mol. The average molecular weight is 594 g/mol. The van der Waals surface area contributed by atoms with Crippen molar-refractivity contribution in [3.63, 3.8) is 0 Å². The Bertz CT molecular complexity index is 1440. The van der Waals surface area contributed by atoms with E-state index in [1.165, 1.54) is 18.2 Å². The third-order valence-electron chi connectivity index (χ3n) is 7.72. The highest BCUT2D eigenvalue weighted by molar-refractivity contribution is 7.92. The predicted octanol–water partition coefficient (Wildman–Crippen LogP) is 5.38. The first-order valence-electron chi connectivity index (χ1n) is 14.5. The van der Waals surface area contributed by atoms with Crippen molar-refractivity contribution in [2.24, 2.45) is 0 Å². The molecule has 7 nitrogen and oxygen atoms in total. The normalized spacial score (nSPS) is 14.4. The van der Waals surface area contributed by atoms with E-state index in [0.717, 1.165) is 52.9 Å². The number of amides is 2. The standard InChI is InChI=1S/C33H40FN3O4S/c1-25-18-20-27(21-19-25)24-36(31(23-26-11-4-3-5-12-26)33(39)35-28-13-6-7-14-28)32(38)17-10-22-37(42(2,40)41)30-16-9-8-15-29(30)34/h3-5,8-9,11-12,15-16,18-21,28,31H,6-7,10,13-14,17,22-24H2,1-2H3,(H,35,39)/t31-/m0/s1. The van der Waals surface area contributed by atoms with Gasteiger partial charge in [0.2, 0.25) is 21.8 Å². The molecule has 1 atom stereocenters. The zero-order valence-electron chi connectivity index (χ0n) is 24.3. The zero-order chi connectivity index (χ0) is 30.1. The van der Waals surface area contributed by atoms with Crippen LogP contribution in [0.2, 0.25) is 0 Å². The van der Waals surface area contributed by atoms with E-state index in [1.807, 2.05) is 61.5 Å². The molecule has 0 spiro atoms. The van der Waals surface area contributed by atoms with Crippen LogP contribution in [0.15, 0.2) is 78.9 Å². The van der Waals surface area contributed by atoms with Crippen molar-refractivity contribution >= 4 is 27.5 Å². The first kappa shape index (κ1) is 31.2. The summed E-state index contributed by atoms with van der Waals surface area (Å²) in [6, 6.07) is 22.5. The first-order valence-corrected chi connectivity index (χ1v) is 16.4. The van der Waals surface area contributed by atoms with Gasteiger partial charge in [-0.3, -0.25) is 13.9 Å². The molecule has 0 heterocycles. The molecule has 1 fully saturated rings. The molecule has 9 heteroatoms. The van der Waals surface area contributed by atoms with Gasteiger partial charge in [-0.15, -0.1) is 0 Å². The van der Waals surface area contributed by atoms with Crippen LogP contribution in [0.25, 0.3) is 0 Å². The molecule has 3 aromatic carbocycles. The Morgan fingerprint density at radius 2 is 1.57 bits per heavy atom. The molecule has 4 rings (SSSR count). The number of sulfonamides is 1. The molecular weight excluding hydrogens is 553 g/mol. The fourth-order valence-electron chi connectivity index (χ4n) is 5.45. The van der Waals surface area contributed by atoms with Gasteiger partial charge in [0.15, 0.2) is 0 Å². The maximum atomic E-state index is 14.5. The second-order valence-electron chi connectivity index (χ2n) is 11.1. The van der Waals surface area contributed by atoms with Gasteiger partial charge in [0, 0.05) is 32.0 Å². The fraction of sp³-hybridized carbons (Fsp3) is 0.394. The van der Waals surface area contributed by atoms with Crippen molar-refractivity contribution < 1.29 is 22.4 Å². The van der Waals surface area contributed by atoms with E-state index in [1.54, 1.807) is 11.0 Å². The molecule has 0 unspecified atom stereocenters. The van der Waals surface area contributed by atoms with E-state index in [4.69, 9.17) is 0 Å². The van der Waals surface area contributed by atoms with E-state index in [2.05, 4.69) is 5.32 Å². The number of para-hydroxylation sites is 1. The predicted molar refractivity (Wildman–Crippen MR) is 164 cm³/mol. The molecule has 1 N–H and O–H groups in total. The van der Waals surface area contributed by atoms with Gasteiger partial charge in [-0.2, -0.15) is 0 Å². The van der Waals surface area contributed by atoms with Crippen LogP contribution in [0, 0.1) is 12.7 Å². The minimum Gasteiger partial charge on any atom is -0.352 e. The number of halogens is 1. The van der Waals surface area contributed by atoms with Gasteiger partial charge in [0.05, 0.1) is 11.9 Å². The van der Waals surface area contributed by atoms with Crippen LogP contribution in [0.5, 0.6) is 0 Å². The molecule has 224 valence electrons. The number of anilines is 1. The van der Waals surface area contributed by atoms with Crippen molar-refractivity contribution in [3.05, 3.63) is 101 Å². The van der Waals surface area contributed by atoms with Crippen molar-refractivity contribution in [1.29, 1.82) is 0 Å². The number of hydrogen-bond acceptors (Lipinski definition) is 4. The first-order chi connectivity index (χ1) is 20.1. The number of aryl methyl sites for hydroxylation is 1. The van der Waals surface area contributed by atoms with Gasteiger partial charge >= 0.3 is 0 Å². The molecule has 1 saturated carbocycles. The lowest BCUT2D eigenvalue weighted by molar-refractivity contribution is -0.141. The van der Waals surface area contributed by atoms with Crippen LogP contribution in [-0.4, -0.2) is 50.0 Å². The van der Waals surface area contributed by atoms with Crippen LogP contribution in [0.3, 0.4) is 0 Å². The van der Waals surface area contributed by atoms with Crippen LogP contribution >= 0.6 is 0 Å². The van der Waals surface area contributed by atoms with Crippen molar-refractivity contribution in [3.8, 4) is 0 Å². The average Bonchev–Trinajstić information content (AvgIpc) is 3.47. The van der Waals surface area contributed by atoms with Crippen molar-refractivity contribution in [2.75, 3.05) is 17.1 Å². The largest absolute Gasteiger partial charge is 0.352 e. The molecule has 0 radical (unpaired) electrons. The van der Waals surface area contributed by atoms with E-state index >= 15 is 0 Å². The minimum atomic E-state index is -3.79. The second kappa shape index (κ2) is 14.4. The third-order valence-corrected chi connectivity index (χ3v) is 8.90. The summed E-state index contributed by atoms with van der Waals surface area (Å²) in [4.78, 5) is 29.3.